The van der Waals surface area contributed by atoms with Crippen LogP contribution in [0.25, 0.3) is 5.69 Å². The zero-order valence-corrected chi connectivity index (χ0v) is 20.6. The van der Waals surface area contributed by atoms with Gasteiger partial charge in [0.25, 0.3) is 5.91 Å². The van der Waals surface area contributed by atoms with E-state index >= 15 is 0 Å². The Morgan fingerprint density at radius 1 is 1.28 bits per heavy atom. The number of carbonyl (C=O) groups is 2. The molecule has 3 aromatic rings. The van der Waals surface area contributed by atoms with E-state index in [-0.39, 0.29) is 24.0 Å². The summed E-state index contributed by atoms with van der Waals surface area (Å²) < 4.78 is 6.63. The number of cyclic esters (lactones) is 1. The second-order valence-electron chi connectivity index (χ2n) is 9.82. The van der Waals surface area contributed by atoms with E-state index in [1.807, 2.05) is 26.8 Å². The molecule has 2 N–H and O–H groups in total. The lowest BCUT2D eigenvalue weighted by atomic mass is 9.88. The molecule has 2 aliphatic rings. The van der Waals surface area contributed by atoms with Crippen molar-refractivity contribution in [1.82, 2.24) is 35.4 Å². The standard InChI is InChI=1S/C25H29N7O4/c1-15-10-20(26-11-21(15)32-14-27-29-30-32)23(34)28-25(3)6-8-31(9-7-25)12-22(33)17-4-5-18-19(16(17)2)13-36-24(18)35/h4-5,10-11,14,22,33H,6-9,12-13H2,1-3H3,(H,28,34)/t22-/m0/s1. The van der Waals surface area contributed by atoms with Crippen molar-refractivity contribution in [2.24, 2.45) is 0 Å². The minimum atomic E-state index is -0.671. The number of pyridine rings is 1. The molecular formula is C25H29N7O4. The zero-order valence-electron chi connectivity index (χ0n) is 20.6. The van der Waals surface area contributed by atoms with E-state index in [0.717, 1.165) is 48.2 Å². The molecule has 0 bridgehead atoms. The minimum Gasteiger partial charge on any atom is -0.457 e. The van der Waals surface area contributed by atoms with E-state index in [1.165, 1.54) is 11.0 Å². The fraction of sp³-hybridized carbons (Fsp3) is 0.440. The van der Waals surface area contributed by atoms with E-state index in [4.69, 9.17) is 4.74 Å². The van der Waals surface area contributed by atoms with E-state index < -0.39 is 6.10 Å². The van der Waals surface area contributed by atoms with E-state index in [2.05, 4.69) is 30.7 Å². The third kappa shape index (κ3) is 4.59. The number of aromatic nitrogens is 5. The average molecular weight is 492 g/mol. The molecule has 2 aromatic heterocycles. The molecule has 36 heavy (non-hydrogen) atoms. The number of ether oxygens (including phenoxy) is 1. The van der Waals surface area contributed by atoms with Crippen LogP contribution >= 0.6 is 0 Å². The van der Waals surface area contributed by atoms with Crippen LogP contribution in [0.5, 0.6) is 0 Å². The first-order chi connectivity index (χ1) is 17.2. The van der Waals surface area contributed by atoms with Crippen molar-refractivity contribution in [3.05, 3.63) is 64.2 Å². The van der Waals surface area contributed by atoms with Crippen LogP contribution in [0.15, 0.2) is 30.7 Å². The fourth-order valence-corrected chi connectivity index (χ4v) is 4.95. The Kier molecular flexibility index (Phi) is 6.27. The summed E-state index contributed by atoms with van der Waals surface area (Å²) >= 11 is 0. The Balaban J connectivity index is 1.18. The van der Waals surface area contributed by atoms with Crippen molar-refractivity contribution >= 4 is 11.9 Å². The first kappa shape index (κ1) is 24.0. The third-order valence-electron chi connectivity index (χ3n) is 7.28. The molecule has 1 fully saturated rings. The van der Waals surface area contributed by atoms with Gasteiger partial charge in [-0.15, -0.1) is 5.10 Å². The number of esters is 1. The van der Waals surface area contributed by atoms with Crippen LogP contribution in [0.3, 0.4) is 0 Å². The molecule has 11 heteroatoms. The number of piperidine rings is 1. The van der Waals surface area contributed by atoms with Crippen LogP contribution in [-0.4, -0.2) is 72.2 Å². The lowest BCUT2D eigenvalue weighted by Gasteiger charge is -2.40. The number of carbonyl (C=O) groups excluding carboxylic acids is 2. The van der Waals surface area contributed by atoms with Gasteiger partial charge in [0.05, 0.1) is 23.6 Å². The van der Waals surface area contributed by atoms with Crippen molar-refractivity contribution in [2.75, 3.05) is 19.6 Å². The van der Waals surface area contributed by atoms with Gasteiger partial charge in [0.2, 0.25) is 0 Å². The van der Waals surface area contributed by atoms with Gasteiger partial charge in [-0.1, -0.05) is 6.07 Å². The van der Waals surface area contributed by atoms with Crippen molar-refractivity contribution < 1.29 is 19.4 Å². The highest BCUT2D eigenvalue weighted by molar-refractivity contribution is 5.94. The smallest absolute Gasteiger partial charge is 0.338 e. The Hall–Kier alpha value is -3.70. The van der Waals surface area contributed by atoms with Gasteiger partial charge in [-0.25, -0.2) is 9.78 Å². The number of likely N-dealkylation sites (tertiary alicyclic amines) is 1. The number of tetrazole rings is 1. The maximum absolute atomic E-state index is 13.0. The number of benzene rings is 1. The van der Waals surface area contributed by atoms with Gasteiger partial charge in [-0.2, -0.15) is 4.68 Å². The molecule has 5 rings (SSSR count). The summed E-state index contributed by atoms with van der Waals surface area (Å²) in [7, 11) is 0. The monoisotopic (exact) mass is 491 g/mol. The Morgan fingerprint density at radius 3 is 2.75 bits per heavy atom. The number of amides is 1. The van der Waals surface area contributed by atoms with Crippen LogP contribution in [0.4, 0.5) is 0 Å². The molecule has 11 nitrogen and oxygen atoms in total. The number of aliphatic hydroxyl groups excluding tert-OH is 1. The summed E-state index contributed by atoms with van der Waals surface area (Å²) in [6.45, 7) is 8.08. The lowest BCUT2D eigenvalue weighted by molar-refractivity contribution is 0.0534. The summed E-state index contributed by atoms with van der Waals surface area (Å²) in [5.74, 6) is -0.525. The van der Waals surface area contributed by atoms with Crippen LogP contribution in [0, 0.1) is 13.8 Å². The van der Waals surface area contributed by atoms with Crippen molar-refractivity contribution in [3.63, 3.8) is 0 Å². The topological polar surface area (TPSA) is 135 Å². The fourth-order valence-electron chi connectivity index (χ4n) is 4.95. The molecular weight excluding hydrogens is 462 g/mol. The normalized spacial score (nSPS) is 17.9. The number of hydrogen-bond donors (Lipinski definition) is 2. The Morgan fingerprint density at radius 2 is 2.06 bits per heavy atom. The number of nitrogens with zero attached hydrogens (tertiary/aromatic N) is 6. The first-order valence-electron chi connectivity index (χ1n) is 12.0. The molecule has 188 valence electrons. The molecule has 2 aliphatic heterocycles. The highest BCUT2D eigenvalue weighted by atomic mass is 16.5. The molecule has 0 aliphatic carbocycles. The summed E-state index contributed by atoms with van der Waals surface area (Å²) in [5, 5.41) is 25.2. The number of fused-ring (bicyclic) bond motifs is 1. The number of aryl methyl sites for hydroxylation is 1. The van der Waals surface area contributed by atoms with Crippen molar-refractivity contribution in [2.45, 2.75) is 51.9 Å². The first-order valence-corrected chi connectivity index (χ1v) is 12.0. The second-order valence-corrected chi connectivity index (χ2v) is 9.82. The van der Waals surface area contributed by atoms with E-state index in [9.17, 15) is 14.7 Å². The van der Waals surface area contributed by atoms with Crippen LogP contribution < -0.4 is 5.32 Å². The summed E-state index contributed by atoms with van der Waals surface area (Å²) in [6.07, 6.45) is 3.90. The van der Waals surface area contributed by atoms with Crippen molar-refractivity contribution in [1.29, 1.82) is 0 Å². The summed E-state index contributed by atoms with van der Waals surface area (Å²) in [6, 6.07) is 5.29. The Bertz CT molecular complexity index is 1300. The summed E-state index contributed by atoms with van der Waals surface area (Å²) in [5.41, 5.74) is 4.71. The highest BCUT2D eigenvalue weighted by Crippen LogP contribution is 2.30. The highest BCUT2D eigenvalue weighted by Gasteiger charge is 2.33. The summed E-state index contributed by atoms with van der Waals surface area (Å²) in [4.78, 5) is 31.3. The van der Waals surface area contributed by atoms with Gasteiger partial charge in [0.15, 0.2) is 0 Å². The molecule has 0 saturated carbocycles. The number of β-amino-alcohol motifs (C(OH)–C–C–N with tert-alkyl or cyclic N) is 1. The average Bonchev–Trinajstić information content (AvgIpc) is 3.51. The minimum absolute atomic E-state index is 0.220. The molecule has 0 radical (unpaired) electrons. The van der Waals surface area contributed by atoms with Gasteiger partial charge in [0, 0.05) is 30.7 Å². The Labute approximate surface area is 208 Å². The largest absolute Gasteiger partial charge is 0.457 e. The molecule has 0 unspecified atom stereocenters. The van der Waals surface area contributed by atoms with Crippen LogP contribution in [-0.2, 0) is 11.3 Å². The molecule has 1 aromatic carbocycles. The lowest BCUT2D eigenvalue weighted by Crippen LogP contribution is -2.54. The SMILES string of the molecule is Cc1cc(C(=O)NC2(C)CCN(C[C@H](O)c3ccc4c(c3C)COC4=O)CC2)ncc1-n1cnnn1. The quantitative estimate of drug-likeness (QED) is 0.494. The molecule has 1 saturated heterocycles. The zero-order chi connectivity index (χ0) is 25.4. The maximum atomic E-state index is 13.0. The van der Waals surface area contributed by atoms with E-state index in [0.29, 0.717) is 23.5 Å². The predicted molar refractivity (Wildman–Crippen MR) is 128 cm³/mol. The number of nitrogens with one attached hydrogen (secondary N) is 1. The second kappa shape index (κ2) is 9.40. The molecule has 1 atom stereocenters. The van der Waals surface area contributed by atoms with Crippen molar-refractivity contribution in [3.8, 4) is 5.69 Å². The number of rotatable bonds is 6. The molecule has 0 spiro atoms. The van der Waals surface area contributed by atoms with Gasteiger partial charge in [0.1, 0.15) is 18.6 Å². The van der Waals surface area contributed by atoms with Gasteiger partial charge in [-0.3, -0.25) is 4.79 Å². The number of aliphatic hydroxyl groups is 1. The van der Waals surface area contributed by atoms with E-state index in [1.54, 1.807) is 18.3 Å². The maximum Gasteiger partial charge on any atom is 0.338 e. The molecule has 1 amide bonds. The number of hydrogen-bond acceptors (Lipinski definition) is 9. The third-order valence-corrected chi connectivity index (χ3v) is 7.28. The van der Waals surface area contributed by atoms with Crippen LogP contribution in [0.2, 0.25) is 0 Å². The van der Waals surface area contributed by atoms with Crippen LogP contribution in [0.1, 0.15) is 69.0 Å². The van der Waals surface area contributed by atoms with Gasteiger partial charge < -0.3 is 20.1 Å². The van der Waals surface area contributed by atoms with Gasteiger partial charge >= 0.3 is 5.97 Å². The van der Waals surface area contributed by atoms with Gasteiger partial charge in [-0.05, 0) is 72.9 Å². The predicted octanol–water partition coefficient (Wildman–Crippen LogP) is 1.66. The molecule has 4 heterocycles.